The van der Waals surface area contributed by atoms with Crippen molar-refractivity contribution in [3.05, 3.63) is 0 Å². The fourth-order valence-electron chi connectivity index (χ4n) is 3.07. The van der Waals surface area contributed by atoms with Gasteiger partial charge in [-0.1, -0.05) is 19.3 Å². The maximum Gasteiger partial charge on any atom is 0.248 e. The molecule has 0 aromatic heterocycles. The van der Waals surface area contributed by atoms with Gasteiger partial charge in [-0.25, -0.2) is 0 Å². The molecule has 2 aliphatic rings. The van der Waals surface area contributed by atoms with Gasteiger partial charge >= 0.3 is 0 Å². The molecule has 2 rings (SSSR count). The molecule has 1 aliphatic carbocycles. The van der Waals surface area contributed by atoms with E-state index in [9.17, 15) is 9.90 Å². The Kier molecular flexibility index (Phi) is 6.26. The first-order chi connectivity index (χ1) is 9.65. The van der Waals surface area contributed by atoms with Crippen LogP contribution >= 0.6 is 0 Å². The molecule has 116 valence electrons. The molecule has 5 heteroatoms. The number of carbonyl (C=O) groups excluding carboxylic acids is 1. The lowest BCUT2D eigenvalue weighted by Gasteiger charge is -2.35. The van der Waals surface area contributed by atoms with Gasteiger partial charge < -0.3 is 14.7 Å². The van der Waals surface area contributed by atoms with E-state index in [0.29, 0.717) is 12.6 Å². The first kappa shape index (κ1) is 15.7. The molecule has 1 aliphatic heterocycles. The third-order valence-corrected chi connectivity index (χ3v) is 4.24. The Balaban J connectivity index is 1.64. The van der Waals surface area contributed by atoms with Crippen LogP contribution in [0.5, 0.6) is 0 Å². The number of ether oxygens (including phenoxy) is 1. The van der Waals surface area contributed by atoms with Crippen LogP contribution in [0, 0.1) is 0 Å². The lowest BCUT2D eigenvalue weighted by atomic mass is 9.98. The standard InChI is InChI=1S/C15H28N2O3/c1-13(18)11-16-7-9-17(10-8-16)15(19)12-20-14-5-3-2-4-6-14/h13-14,18H,2-12H2,1H3/t13-/m1/s1. The van der Waals surface area contributed by atoms with Crippen LogP contribution in [0.2, 0.25) is 0 Å². The van der Waals surface area contributed by atoms with Crippen LogP contribution in [-0.4, -0.2) is 72.4 Å². The number of piperazine rings is 1. The summed E-state index contributed by atoms with van der Waals surface area (Å²) in [5, 5.41) is 9.37. The Morgan fingerprint density at radius 2 is 1.85 bits per heavy atom. The molecular weight excluding hydrogens is 256 g/mol. The van der Waals surface area contributed by atoms with Crippen molar-refractivity contribution in [3.63, 3.8) is 0 Å². The van der Waals surface area contributed by atoms with Gasteiger partial charge in [0.1, 0.15) is 6.61 Å². The van der Waals surface area contributed by atoms with Gasteiger partial charge in [0.05, 0.1) is 12.2 Å². The summed E-state index contributed by atoms with van der Waals surface area (Å²) in [6.07, 6.45) is 5.98. The van der Waals surface area contributed by atoms with E-state index >= 15 is 0 Å². The number of aliphatic hydroxyl groups excluding tert-OH is 1. The zero-order chi connectivity index (χ0) is 14.4. The molecule has 1 heterocycles. The summed E-state index contributed by atoms with van der Waals surface area (Å²) >= 11 is 0. The predicted octanol–water partition coefficient (Wildman–Crippen LogP) is 0.861. The van der Waals surface area contributed by atoms with Gasteiger partial charge in [0.15, 0.2) is 0 Å². The van der Waals surface area contributed by atoms with Crippen LogP contribution in [0.3, 0.4) is 0 Å². The van der Waals surface area contributed by atoms with E-state index < -0.39 is 0 Å². The molecule has 1 saturated heterocycles. The Morgan fingerprint density at radius 3 is 2.45 bits per heavy atom. The van der Waals surface area contributed by atoms with Gasteiger partial charge in [0.25, 0.3) is 0 Å². The molecule has 0 bridgehead atoms. The van der Waals surface area contributed by atoms with Gasteiger partial charge in [-0.15, -0.1) is 0 Å². The minimum atomic E-state index is -0.299. The van der Waals surface area contributed by atoms with E-state index in [0.717, 1.165) is 39.0 Å². The van der Waals surface area contributed by atoms with Crippen LogP contribution in [0.15, 0.2) is 0 Å². The van der Waals surface area contributed by atoms with E-state index in [1.165, 1.54) is 19.3 Å². The molecule has 0 radical (unpaired) electrons. The highest BCUT2D eigenvalue weighted by atomic mass is 16.5. The molecule has 2 fully saturated rings. The molecule has 5 nitrogen and oxygen atoms in total. The normalized spacial score (nSPS) is 23.8. The van der Waals surface area contributed by atoms with Gasteiger partial charge in [0, 0.05) is 32.7 Å². The summed E-state index contributed by atoms with van der Waals surface area (Å²) in [5.41, 5.74) is 0. The number of β-amino-alcohol motifs (C(OH)–C–C–N with tert-alkyl or cyclic N) is 1. The van der Waals surface area contributed by atoms with Crippen molar-refractivity contribution in [3.8, 4) is 0 Å². The second kappa shape index (κ2) is 7.96. The van der Waals surface area contributed by atoms with Crippen molar-refractivity contribution < 1.29 is 14.6 Å². The average Bonchev–Trinajstić information content (AvgIpc) is 2.46. The quantitative estimate of drug-likeness (QED) is 0.813. The molecule has 0 spiro atoms. The Hall–Kier alpha value is -0.650. The number of hydrogen-bond acceptors (Lipinski definition) is 4. The van der Waals surface area contributed by atoms with E-state index in [1.807, 2.05) is 4.90 Å². The van der Waals surface area contributed by atoms with Crippen molar-refractivity contribution in [2.75, 3.05) is 39.3 Å². The van der Waals surface area contributed by atoms with Gasteiger partial charge in [-0.2, -0.15) is 0 Å². The first-order valence-corrected chi connectivity index (χ1v) is 7.95. The minimum absolute atomic E-state index is 0.118. The third-order valence-electron chi connectivity index (χ3n) is 4.24. The van der Waals surface area contributed by atoms with Gasteiger partial charge in [-0.05, 0) is 19.8 Å². The lowest BCUT2D eigenvalue weighted by Crippen LogP contribution is -2.51. The second-order valence-electron chi connectivity index (χ2n) is 6.10. The summed E-state index contributed by atoms with van der Waals surface area (Å²) in [6.45, 7) is 5.93. The average molecular weight is 284 g/mol. The van der Waals surface area contributed by atoms with Crippen molar-refractivity contribution in [1.29, 1.82) is 0 Å². The first-order valence-electron chi connectivity index (χ1n) is 7.95. The Morgan fingerprint density at radius 1 is 1.20 bits per heavy atom. The summed E-state index contributed by atoms with van der Waals surface area (Å²) in [7, 11) is 0. The smallest absolute Gasteiger partial charge is 0.248 e. The largest absolute Gasteiger partial charge is 0.392 e. The SMILES string of the molecule is C[C@@H](O)CN1CCN(C(=O)COC2CCCCC2)CC1. The number of aliphatic hydroxyl groups is 1. The van der Waals surface area contributed by atoms with Gasteiger partial charge in [0.2, 0.25) is 5.91 Å². The van der Waals surface area contributed by atoms with Crippen LogP contribution in [-0.2, 0) is 9.53 Å². The maximum atomic E-state index is 12.1. The fraction of sp³-hybridized carbons (Fsp3) is 0.933. The summed E-state index contributed by atoms with van der Waals surface area (Å²) in [6, 6.07) is 0. The maximum absolute atomic E-state index is 12.1. The van der Waals surface area contributed by atoms with Crippen molar-refractivity contribution >= 4 is 5.91 Å². The summed E-state index contributed by atoms with van der Waals surface area (Å²) in [4.78, 5) is 16.2. The topological polar surface area (TPSA) is 53.0 Å². The molecule has 0 unspecified atom stereocenters. The number of nitrogens with zero attached hydrogens (tertiary/aromatic N) is 2. The molecule has 1 amide bonds. The van der Waals surface area contributed by atoms with Crippen LogP contribution in [0.1, 0.15) is 39.0 Å². The zero-order valence-electron chi connectivity index (χ0n) is 12.6. The molecule has 1 atom stereocenters. The van der Waals surface area contributed by atoms with E-state index in [-0.39, 0.29) is 18.6 Å². The van der Waals surface area contributed by atoms with E-state index in [2.05, 4.69) is 4.90 Å². The number of rotatable bonds is 5. The third kappa shape index (κ3) is 5.04. The minimum Gasteiger partial charge on any atom is -0.392 e. The zero-order valence-corrected chi connectivity index (χ0v) is 12.6. The highest BCUT2D eigenvalue weighted by Crippen LogP contribution is 2.20. The van der Waals surface area contributed by atoms with Crippen molar-refractivity contribution in [2.45, 2.75) is 51.2 Å². The van der Waals surface area contributed by atoms with E-state index in [1.54, 1.807) is 6.92 Å². The molecule has 1 saturated carbocycles. The van der Waals surface area contributed by atoms with Gasteiger partial charge in [-0.3, -0.25) is 9.69 Å². The molecule has 0 aromatic rings. The summed E-state index contributed by atoms with van der Waals surface area (Å²) < 4.78 is 5.74. The second-order valence-corrected chi connectivity index (χ2v) is 6.10. The lowest BCUT2D eigenvalue weighted by molar-refractivity contribution is -0.140. The van der Waals surface area contributed by atoms with E-state index in [4.69, 9.17) is 4.74 Å². The monoisotopic (exact) mass is 284 g/mol. The van der Waals surface area contributed by atoms with Crippen LogP contribution in [0.4, 0.5) is 0 Å². The highest BCUT2D eigenvalue weighted by Gasteiger charge is 2.23. The Labute approximate surface area is 121 Å². The summed E-state index contributed by atoms with van der Waals surface area (Å²) in [5.74, 6) is 0.118. The van der Waals surface area contributed by atoms with Crippen molar-refractivity contribution in [1.82, 2.24) is 9.80 Å². The Bertz CT molecular complexity index is 295. The highest BCUT2D eigenvalue weighted by molar-refractivity contribution is 5.77. The molecule has 0 aromatic carbocycles. The number of hydrogen-bond donors (Lipinski definition) is 1. The number of carbonyl (C=O) groups is 1. The predicted molar refractivity (Wildman–Crippen MR) is 77.5 cm³/mol. The van der Waals surface area contributed by atoms with Crippen LogP contribution < -0.4 is 0 Å². The number of amides is 1. The van der Waals surface area contributed by atoms with Crippen LogP contribution in [0.25, 0.3) is 0 Å². The molecule has 20 heavy (non-hydrogen) atoms. The fourth-order valence-corrected chi connectivity index (χ4v) is 3.07. The molecule has 1 N–H and O–H groups in total. The van der Waals surface area contributed by atoms with Crippen molar-refractivity contribution in [2.24, 2.45) is 0 Å². The molecular formula is C15H28N2O3.